The Morgan fingerprint density at radius 3 is 2.73 bits per heavy atom. The van der Waals surface area contributed by atoms with Gasteiger partial charge in [0, 0.05) is 31.8 Å². The predicted molar refractivity (Wildman–Crippen MR) is 127 cm³/mol. The van der Waals surface area contributed by atoms with Crippen LogP contribution >= 0.6 is 0 Å². The standard InChI is InChI=1S/C26H25F2N3O6/c27-17-7-5-16(21(28)11-17)6-8-22(32)20-14-31-23(25(34)24(20)33)26(35)29(12-18-3-1-9-36-18)15-30(31)13-19-4-2-10-37-19/h2,4-5,7,10-11,14,18,34H,1,3,6,8-9,12-13,15H2/t18-/m1/s1. The molecule has 1 saturated heterocycles. The third kappa shape index (κ3) is 4.99. The van der Waals surface area contributed by atoms with E-state index in [9.17, 15) is 28.3 Å². The Kier molecular flexibility index (Phi) is 6.79. The van der Waals surface area contributed by atoms with E-state index in [4.69, 9.17) is 9.15 Å². The number of furan rings is 1. The number of aromatic nitrogens is 1. The summed E-state index contributed by atoms with van der Waals surface area (Å²) in [6.07, 6.45) is 3.93. The van der Waals surface area contributed by atoms with Gasteiger partial charge in [0.2, 0.25) is 5.43 Å². The summed E-state index contributed by atoms with van der Waals surface area (Å²) < 4.78 is 39.6. The predicted octanol–water partition coefficient (Wildman–Crippen LogP) is 2.97. The number of carbonyl (C=O) groups is 2. The molecule has 37 heavy (non-hydrogen) atoms. The van der Waals surface area contributed by atoms with Gasteiger partial charge in [-0.1, -0.05) is 6.07 Å². The van der Waals surface area contributed by atoms with Crippen molar-refractivity contribution in [1.82, 2.24) is 9.58 Å². The highest BCUT2D eigenvalue weighted by Gasteiger charge is 2.36. The van der Waals surface area contributed by atoms with Crippen LogP contribution in [0.1, 0.15) is 51.4 Å². The fourth-order valence-corrected chi connectivity index (χ4v) is 4.68. The number of nitrogens with zero attached hydrogens (tertiary/aromatic N) is 3. The zero-order valence-corrected chi connectivity index (χ0v) is 19.9. The molecule has 194 valence electrons. The summed E-state index contributed by atoms with van der Waals surface area (Å²) in [5.41, 5.74) is -1.46. The van der Waals surface area contributed by atoms with E-state index in [1.807, 2.05) is 0 Å². The second kappa shape index (κ2) is 10.2. The van der Waals surface area contributed by atoms with E-state index in [-0.39, 0.29) is 55.5 Å². The van der Waals surface area contributed by atoms with Crippen LogP contribution < -0.4 is 10.4 Å². The molecular formula is C26H25F2N3O6. The summed E-state index contributed by atoms with van der Waals surface area (Å²) in [5.74, 6) is -3.01. The first-order valence-corrected chi connectivity index (χ1v) is 12.0. The van der Waals surface area contributed by atoms with Crippen molar-refractivity contribution in [2.45, 2.75) is 38.3 Å². The average Bonchev–Trinajstić information content (AvgIpc) is 3.57. The molecule has 0 radical (unpaired) electrons. The van der Waals surface area contributed by atoms with Gasteiger partial charge in [0.25, 0.3) is 5.91 Å². The number of ketones is 1. The van der Waals surface area contributed by atoms with Crippen molar-refractivity contribution in [1.29, 1.82) is 0 Å². The lowest BCUT2D eigenvalue weighted by Crippen LogP contribution is -2.55. The summed E-state index contributed by atoms with van der Waals surface area (Å²) in [7, 11) is 0. The molecule has 9 nitrogen and oxygen atoms in total. The number of halogens is 2. The fraction of sp³-hybridized carbons (Fsp3) is 0.346. The number of benzene rings is 1. The lowest BCUT2D eigenvalue weighted by atomic mass is 10.0. The highest BCUT2D eigenvalue weighted by molar-refractivity contribution is 6.00. The van der Waals surface area contributed by atoms with Gasteiger partial charge < -0.3 is 19.2 Å². The molecule has 5 rings (SSSR count). The quantitative estimate of drug-likeness (QED) is 0.462. The number of carbonyl (C=O) groups excluding carboxylic acids is 2. The second-order valence-electron chi connectivity index (χ2n) is 9.12. The van der Waals surface area contributed by atoms with Gasteiger partial charge >= 0.3 is 0 Å². The van der Waals surface area contributed by atoms with Gasteiger partial charge in [0.05, 0.1) is 24.5 Å². The number of amides is 1. The number of ether oxygens (including phenoxy) is 1. The van der Waals surface area contributed by atoms with Gasteiger partial charge in [-0.2, -0.15) is 0 Å². The molecule has 1 fully saturated rings. The Labute approximate surface area is 210 Å². The van der Waals surface area contributed by atoms with Crippen LogP contribution in [0, 0.1) is 11.6 Å². The van der Waals surface area contributed by atoms with Crippen LogP contribution in [0.25, 0.3) is 0 Å². The molecule has 1 amide bonds. The van der Waals surface area contributed by atoms with E-state index in [0.717, 1.165) is 25.0 Å². The molecule has 2 aromatic heterocycles. The number of hydrogen-bond donors (Lipinski definition) is 1. The zero-order valence-electron chi connectivity index (χ0n) is 19.9. The van der Waals surface area contributed by atoms with Crippen molar-refractivity contribution in [2.75, 3.05) is 24.8 Å². The van der Waals surface area contributed by atoms with E-state index >= 15 is 0 Å². The maximum Gasteiger partial charge on any atom is 0.277 e. The molecule has 1 N–H and O–H groups in total. The van der Waals surface area contributed by atoms with E-state index in [1.54, 1.807) is 17.1 Å². The maximum atomic E-state index is 14.0. The van der Waals surface area contributed by atoms with Crippen molar-refractivity contribution in [3.63, 3.8) is 0 Å². The number of rotatable bonds is 8. The molecular weight excluding hydrogens is 488 g/mol. The maximum absolute atomic E-state index is 14.0. The number of aromatic hydroxyl groups is 1. The monoisotopic (exact) mass is 513 g/mol. The minimum absolute atomic E-state index is 0.0723. The molecule has 0 spiro atoms. The van der Waals surface area contributed by atoms with Gasteiger partial charge in [-0.15, -0.1) is 0 Å². The SMILES string of the molecule is O=C(CCc1ccc(F)cc1F)c1cn2c(c(O)c1=O)C(=O)N(C[C@H]1CCCO1)CN2Cc1ccco1. The molecule has 0 unspecified atom stereocenters. The molecule has 1 atom stereocenters. The Balaban J connectivity index is 1.47. The van der Waals surface area contributed by atoms with Crippen LogP contribution in [0.2, 0.25) is 0 Å². The van der Waals surface area contributed by atoms with E-state index in [2.05, 4.69) is 0 Å². The van der Waals surface area contributed by atoms with Gasteiger partial charge in [0.1, 0.15) is 24.1 Å². The third-order valence-corrected chi connectivity index (χ3v) is 6.60. The van der Waals surface area contributed by atoms with Gasteiger partial charge in [-0.3, -0.25) is 24.1 Å². The van der Waals surface area contributed by atoms with Gasteiger partial charge in [0.15, 0.2) is 17.2 Å². The number of hydrogen-bond acceptors (Lipinski definition) is 7. The summed E-state index contributed by atoms with van der Waals surface area (Å²) in [6.45, 7) is 1.18. The zero-order chi connectivity index (χ0) is 26.1. The highest BCUT2D eigenvalue weighted by atomic mass is 19.1. The molecule has 2 aliphatic heterocycles. The Morgan fingerprint density at radius 1 is 1.19 bits per heavy atom. The number of pyridine rings is 1. The van der Waals surface area contributed by atoms with Crippen LogP contribution in [0.5, 0.6) is 5.75 Å². The summed E-state index contributed by atoms with van der Waals surface area (Å²) in [4.78, 5) is 40.8. The fourth-order valence-electron chi connectivity index (χ4n) is 4.68. The summed E-state index contributed by atoms with van der Waals surface area (Å²) in [5, 5.41) is 12.5. The van der Waals surface area contributed by atoms with Crippen molar-refractivity contribution in [2.24, 2.45) is 0 Å². The Bertz CT molecular complexity index is 1380. The van der Waals surface area contributed by atoms with Crippen molar-refractivity contribution in [3.8, 4) is 5.75 Å². The lowest BCUT2D eigenvalue weighted by molar-refractivity contribution is 0.0453. The van der Waals surface area contributed by atoms with E-state index in [1.165, 1.54) is 28.1 Å². The smallest absolute Gasteiger partial charge is 0.277 e. The second-order valence-corrected chi connectivity index (χ2v) is 9.12. The van der Waals surface area contributed by atoms with Crippen LogP contribution in [-0.2, 0) is 17.7 Å². The molecule has 4 heterocycles. The van der Waals surface area contributed by atoms with E-state index in [0.29, 0.717) is 12.4 Å². The number of fused-ring (bicyclic) bond motifs is 1. The molecule has 0 aliphatic carbocycles. The molecule has 11 heteroatoms. The summed E-state index contributed by atoms with van der Waals surface area (Å²) in [6, 6.07) is 6.50. The average molecular weight is 513 g/mol. The number of Topliss-reactive ketones (excluding diaryl/α,β-unsaturated/α-hetero) is 1. The molecule has 2 aliphatic rings. The molecule has 3 aromatic rings. The first-order chi connectivity index (χ1) is 17.8. The van der Waals surface area contributed by atoms with Crippen molar-refractivity contribution in [3.05, 3.63) is 87.2 Å². The van der Waals surface area contributed by atoms with Gasteiger partial charge in [-0.25, -0.2) is 8.78 Å². The Hall–Kier alpha value is -3.99. The topological polar surface area (TPSA) is 105 Å². The molecule has 1 aromatic carbocycles. The Morgan fingerprint density at radius 2 is 2.03 bits per heavy atom. The van der Waals surface area contributed by atoms with E-state index < -0.39 is 34.5 Å². The minimum atomic E-state index is -0.985. The van der Waals surface area contributed by atoms with Crippen LogP contribution in [-0.4, -0.2) is 52.3 Å². The van der Waals surface area contributed by atoms with Crippen LogP contribution in [0.4, 0.5) is 8.78 Å². The first kappa shape index (κ1) is 24.7. The first-order valence-electron chi connectivity index (χ1n) is 12.0. The van der Waals surface area contributed by atoms with Crippen molar-refractivity contribution < 1.29 is 32.6 Å². The number of aryl methyl sites for hydroxylation is 1. The normalized spacial score (nSPS) is 17.4. The van der Waals surface area contributed by atoms with Crippen molar-refractivity contribution >= 4 is 11.7 Å². The third-order valence-electron chi connectivity index (χ3n) is 6.60. The largest absolute Gasteiger partial charge is 0.502 e. The van der Waals surface area contributed by atoms with Crippen LogP contribution in [0.15, 0.2) is 52.0 Å². The molecule has 0 saturated carbocycles. The molecule has 0 bridgehead atoms. The van der Waals surface area contributed by atoms with Gasteiger partial charge in [-0.05, 0) is 43.0 Å². The minimum Gasteiger partial charge on any atom is -0.502 e. The highest BCUT2D eigenvalue weighted by Crippen LogP contribution is 2.25. The van der Waals surface area contributed by atoms with Crippen LogP contribution in [0.3, 0.4) is 0 Å². The lowest BCUT2D eigenvalue weighted by Gasteiger charge is -2.40. The summed E-state index contributed by atoms with van der Waals surface area (Å²) >= 11 is 0.